The molecule has 4 heteroatoms. The highest BCUT2D eigenvalue weighted by Gasteiger charge is 2.15. The fraction of sp³-hybridized carbons (Fsp3) is 0.500. The van der Waals surface area contributed by atoms with Gasteiger partial charge in [-0.1, -0.05) is 37.3 Å². The minimum absolute atomic E-state index is 0.101. The van der Waals surface area contributed by atoms with Gasteiger partial charge in [-0.15, -0.1) is 0 Å². The number of rotatable bonds is 6. The van der Waals surface area contributed by atoms with Crippen LogP contribution in [-0.2, 0) is 9.84 Å². The van der Waals surface area contributed by atoms with Gasteiger partial charge in [0.05, 0.1) is 5.75 Å². The Morgan fingerprint density at radius 1 is 1.25 bits per heavy atom. The lowest BCUT2D eigenvalue weighted by Gasteiger charge is -2.17. The summed E-state index contributed by atoms with van der Waals surface area (Å²) in [6.45, 7) is 2.89. The molecule has 90 valence electrons. The molecular weight excluding hydrogens is 222 g/mol. The Morgan fingerprint density at radius 2 is 1.88 bits per heavy atom. The lowest BCUT2D eigenvalue weighted by atomic mass is 10.1. The highest BCUT2D eigenvalue weighted by molar-refractivity contribution is 7.90. The maximum atomic E-state index is 11.3. The van der Waals surface area contributed by atoms with Crippen LogP contribution in [0.3, 0.4) is 0 Å². The molecular formula is C12H19NO2S. The number of nitrogens with one attached hydrogen (secondary N) is 1. The van der Waals surface area contributed by atoms with Gasteiger partial charge < -0.3 is 5.32 Å². The highest BCUT2D eigenvalue weighted by Crippen LogP contribution is 2.14. The van der Waals surface area contributed by atoms with Crippen LogP contribution in [0, 0.1) is 0 Å². The molecule has 1 atom stereocenters. The summed E-state index contributed by atoms with van der Waals surface area (Å²) in [5.41, 5.74) is 1.03. The number of sulfone groups is 1. The first-order valence-electron chi connectivity index (χ1n) is 5.49. The van der Waals surface area contributed by atoms with Gasteiger partial charge in [-0.25, -0.2) is 8.42 Å². The lowest BCUT2D eigenvalue weighted by molar-refractivity contribution is 0.549. The number of benzene rings is 1. The summed E-state index contributed by atoms with van der Waals surface area (Å²) in [7, 11) is -2.96. The fourth-order valence-electron chi connectivity index (χ4n) is 1.58. The quantitative estimate of drug-likeness (QED) is 0.825. The minimum atomic E-state index is -2.96. The van der Waals surface area contributed by atoms with Gasteiger partial charge in [0, 0.05) is 12.3 Å². The van der Waals surface area contributed by atoms with Crippen LogP contribution in [-0.4, -0.2) is 27.0 Å². The Hall–Kier alpha value is -0.870. The summed E-state index contributed by atoms with van der Waals surface area (Å²) in [6, 6.07) is 9.60. The van der Waals surface area contributed by atoms with Gasteiger partial charge in [-0.05, 0) is 18.5 Å². The molecule has 0 amide bonds. The van der Waals surface area contributed by atoms with Crippen molar-refractivity contribution < 1.29 is 8.42 Å². The van der Waals surface area contributed by atoms with Crippen molar-refractivity contribution in [2.75, 3.05) is 18.6 Å². The summed E-state index contributed by atoms with van der Waals surface area (Å²) in [4.78, 5) is 0. The molecule has 0 aliphatic carbocycles. The SMILES string of the molecule is CCCN[C@H](CS(C)(=O)=O)c1ccccc1. The molecule has 0 radical (unpaired) electrons. The molecule has 0 aliphatic heterocycles. The van der Waals surface area contributed by atoms with E-state index in [0.717, 1.165) is 18.5 Å². The summed E-state index contributed by atoms with van der Waals surface area (Å²) in [5.74, 6) is 0.150. The molecule has 0 fully saturated rings. The van der Waals surface area contributed by atoms with Crippen LogP contribution in [0.5, 0.6) is 0 Å². The summed E-state index contributed by atoms with van der Waals surface area (Å²) in [5, 5.41) is 3.26. The lowest BCUT2D eigenvalue weighted by Crippen LogP contribution is -2.28. The largest absolute Gasteiger partial charge is 0.309 e. The van der Waals surface area contributed by atoms with Crippen molar-refractivity contribution in [3.8, 4) is 0 Å². The van der Waals surface area contributed by atoms with Crippen molar-refractivity contribution in [3.63, 3.8) is 0 Å². The van der Waals surface area contributed by atoms with E-state index in [0.29, 0.717) is 0 Å². The Morgan fingerprint density at radius 3 is 2.38 bits per heavy atom. The monoisotopic (exact) mass is 241 g/mol. The molecule has 0 spiro atoms. The maximum Gasteiger partial charge on any atom is 0.149 e. The average molecular weight is 241 g/mol. The van der Waals surface area contributed by atoms with Crippen molar-refractivity contribution in [3.05, 3.63) is 35.9 Å². The number of hydrogen-bond donors (Lipinski definition) is 1. The Labute approximate surface area is 97.8 Å². The zero-order valence-electron chi connectivity index (χ0n) is 9.81. The molecule has 0 saturated heterocycles. The predicted octanol–water partition coefficient (Wildman–Crippen LogP) is 1.77. The second kappa shape index (κ2) is 6.01. The van der Waals surface area contributed by atoms with Gasteiger partial charge in [-0.2, -0.15) is 0 Å². The third kappa shape index (κ3) is 4.77. The van der Waals surface area contributed by atoms with E-state index in [4.69, 9.17) is 0 Å². The van der Waals surface area contributed by atoms with E-state index in [1.165, 1.54) is 6.26 Å². The zero-order chi connectivity index (χ0) is 12.0. The molecule has 1 N–H and O–H groups in total. The van der Waals surface area contributed by atoms with Crippen LogP contribution in [0.4, 0.5) is 0 Å². The van der Waals surface area contributed by atoms with E-state index in [1.54, 1.807) is 0 Å². The molecule has 1 aromatic carbocycles. The van der Waals surface area contributed by atoms with Crippen molar-refractivity contribution in [1.29, 1.82) is 0 Å². The highest BCUT2D eigenvalue weighted by atomic mass is 32.2. The second-order valence-corrected chi connectivity index (χ2v) is 6.19. The molecule has 1 aromatic rings. The van der Waals surface area contributed by atoms with Crippen molar-refractivity contribution >= 4 is 9.84 Å². The third-order valence-corrected chi connectivity index (χ3v) is 3.25. The van der Waals surface area contributed by atoms with E-state index in [-0.39, 0.29) is 11.8 Å². The van der Waals surface area contributed by atoms with Gasteiger partial charge >= 0.3 is 0 Å². The van der Waals surface area contributed by atoms with Crippen molar-refractivity contribution in [2.24, 2.45) is 0 Å². The molecule has 0 bridgehead atoms. The van der Waals surface area contributed by atoms with Crippen LogP contribution in [0.2, 0.25) is 0 Å². The summed E-state index contributed by atoms with van der Waals surface area (Å²) in [6.07, 6.45) is 2.27. The first kappa shape index (κ1) is 13.2. The summed E-state index contributed by atoms with van der Waals surface area (Å²) >= 11 is 0. The van der Waals surface area contributed by atoms with E-state index in [2.05, 4.69) is 12.2 Å². The van der Waals surface area contributed by atoms with Crippen LogP contribution in [0.25, 0.3) is 0 Å². The van der Waals surface area contributed by atoms with Crippen LogP contribution >= 0.6 is 0 Å². The molecule has 0 aliphatic rings. The van der Waals surface area contributed by atoms with Gasteiger partial charge in [-0.3, -0.25) is 0 Å². The molecule has 3 nitrogen and oxygen atoms in total. The fourth-order valence-corrected chi connectivity index (χ4v) is 2.50. The van der Waals surface area contributed by atoms with E-state index < -0.39 is 9.84 Å². The molecule has 0 unspecified atom stereocenters. The smallest absolute Gasteiger partial charge is 0.149 e. The number of hydrogen-bond acceptors (Lipinski definition) is 3. The zero-order valence-corrected chi connectivity index (χ0v) is 10.6. The first-order valence-corrected chi connectivity index (χ1v) is 7.55. The van der Waals surface area contributed by atoms with Gasteiger partial charge in [0.25, 0.3) is 0 Å². The Kier molecular flexibility index (Phi) is 4.96. The molecule has 0 heterocycles. The van der Waals surface area contributed by atoms with E-state index in [9.17, 15) is 8.42 Å². The Bertz CT molecular complexity index is 400. The third-order valence-electron chi connectivity index (χ3n) is 2.31. The van der Waals surface area contributed by atoms with Gasteiger partial charge in [0.1, 0.15) is 9.84 Å². The van der Waals surface area contributed by atoms with Crippen LogP contribution in [0.1, 0.15) is 24.9 Å². The molecule has 16 heavy (non-hydrogen) atoms. The van der Waals surface area contributed by atoms with E-state index >= 15 is 0 Å². The summed E-state index contributed by atoms with van der Waals surface area (Å²) < 4.78 is 22.7. The van der Waals surface area contributed by atoms with E-state index in [1.807, 2.05) is 30.3 Å². The standard InChI is InChI=1S/C12H19NO2S/c1-3-9-13-12(10-16(2,14)15)11-7-5-4-6-8-11/h4-8,12-13H,3,9-10H2,1-2H3/t12-/m1/s1. The molecule has 0 saturated carbocycles. The first-order chi connectivity index (χ1) is 7.53. The van der Waals surface area contributed by atoms with Crippen LogP contribution in [0.15, 0.2) is 30.3 Å². The topological polar surface area (TPSA) is 46.2 Å². The van der Waals surface area contributed by atoms with Crippen molar-refractivity contribution in [2.45, 2.75) is 19.4 Å². The van der Waals surface area contributed by atoms with Crippen LogP contribution < -0.4 is 5.32 Å². The van der Waals surface area contributed by atoms with Gasteiger partial charge in [0.2, 0.25) is 0 Å². The average Bonchev–Trinajstić information content (AvgIpc) is 2.24. The molecule has 0 aromatic heterocycles. The second-order valence-electron chi connectivity index (χ2n) is 4.01. The van der Waals surface area contributed by atoms with Gasteiger partial charge in [0.15, 0.2) is 0 Å². The minimum Gasteiger partial charge on any atom is -0.309 e. The maximum absolute atomic E-state index is 11.3. The predicted molar refractivity (Wildman–Crippen MR) is 67.2 cm³/mol. The molecule has 1 rings (SSSR count). The normalized spacial score (nSPS) is 13.6. The van der Waals surface area contributed by atoms with Crippen molar-refractivity contribution in [1.82, 2.24) is 5.32 Å². The Balaban J connectivity index is 2.79.